The molecule has 0 aliphatic carbocycles. The Hall–Kier alpha value is -7.80. The summed E-state index contributed by atoms with van der Waals surface area (Å²) in [5.41, 5.74) is 9.75. The van der Waals surface area contributed by atoms with E-state index >= 15 is 0 Å². The summed E-state index contributed by atoms with van der Waals surface area (Å²) >= 11 is 0. The van der Waals surface area contributed by atoms with Crippen molar-refractivity contribution in [2.24, 2.45) is 0 Å². The molecule has 0 bridgehead atoms. The van der Waals surface area contributed by atoms with Gasteiger partial charge in [-0.15, -0.1) is 0 Å². The first kappa shape index (κ1) is 96.8. The predicted molar refractivity (Wildman–Crippen MR) is 452 cm³/mol. The van der Waals surface area contributed by atoms with Gasteiger partial charge in [-0.25, -0.2) is 0 Å². The molecule has 4 aromatic carbocycles. The van der Waals surface area contributed by atoms with Gasteiger partial charge in [0.15, 0.2) is 0 Å². The molecular weight excluding hydrogens is 1450 g/mol. The number of aryl methyl sites for hydroxylation is 2. The largest absolute Gasteiger partial charge is 0.379 e. The number of carbonyl (C=O) groups excluding carboxylic acids is 6. The molecule has 0 fully saturated rings. The van der Waals surface area contributed by atoms with Gasteiger partial charge in [0, 0.05) is 229 Å². The van der Waals surface area contributed by atoms with Crippen LogP contribution in [0.15, 0.2) is 84.9 Å². The summed E-state index contributed by atoms with van der Waals surface area (Å²) in [7, 11) is 12.2. The first-order valence-corrected chi connectivity index (χ1v) is 41.4. The number of aromatic nitrogens is 2. The topological polar surface area (TPSA) is 296 Å². The van der Waals surface area contributed by atoms with E-state index in [0.29, 0.717) is 210 Å². The van der Waals surface area contributed by atoms with Crippen LogP contribution in [0.3, 0.4) is 0 Å². The smallest absolute Gasteiger partial charge is 0.220 e. The third-order valence-corrected chi connectivity index (χ3v) is 18.9. The number of fused-ring (bicyclic) bond motifs is 4. The van der Waals surface area contributed by atoms with E-state index < -0.39 is 0 Å². The average molecular weight is 1590 g/mol. The number of benzene rings is 4. The summed E-state index contributed by atoms with van der Waals surface area (Å²) in [6, 6.07) is 31.2. The molecule has 2 heterocycles. The summed E-state index contributed by atoms with van der Waals surface area (Å²) in [6.45, 7) is 14.9. The van der Waals surface area contributed by atoms with Crippen LogP contribution in [-0.2, 0) is 97.6 Å². The molecule has 8 N–H and O–H groups in total. The number of carbonyl (C=O) groups is 6. The van der Waals surface area contributed by atoms with Crippen LogP contribution in [0.25, 0.3) is 43.6 Å². The van der Waals surface area contributed by atoms with Crippen molar-refractivity contribution in [3.63, 3.8) is 0 Å². The minimum Gasteiger partial charge on any atom is -0.379 e. The van der Waals surface area contributed by atoms with Crippen LogP contribution in [0.2, 0.25) is 0 Å². The van der Waals surface area contributed by atoms with Crippen molar-refractivity contribution in [3.8, 4) is 0 Å². The average Bonchev–Trinajstić information content (AvgIpc) is 0.771. The first-order valence-electron chi connectivity index (χ1n) is 41.4. The molecule has 6 amide bonds. The van der Waals surface area contributed by atoms with Crippen LogP contribution in [0.4, 0.5) is 11.4 Å². The van der Waals surface area contributed by atoms with Gasteiger partial charge in [-0.1, -0.05) is 19.6 Å². The number of nitrogens with one attached hydrogen (secondary N) is 8. The normalized spacial score (nSPS) is 11.4. The number of hydrogen-bond acceptors (Lipinski definition) is 19. The minimum atomic E-state index is -0.0956. The maximum atomic E-state index is 12.6. The molecule has 0 aliphatic rings. The highest BCUT2D eigenvalue weighted by Gasteiger charge is 2.20. The van der Waals surface area contributed by atoms with E-state index in [9.17, 15) is 28.8 Å². The van der Waals surface area contributed by atoms with Gasteiger partial charge in [0.2, 0.25) is 57.5 Å². The van der Waals surface area contributed by atoms with Crippen molar-refractivity contribution in [1.82, 2.24) is 42.5 Å². The van der Waals surface area contributed by atoms with Gasteiger partial charge in [0.25, 0.3) is 0 Å². The number of rotatable bonds is 68. The molecule has 27 heteroatoms. The lowest BCUT2D eigenvalue weighted by atomic mass is 10.0. The first-order chi connectivity index (χ1) is 55.2. The van der Waals surface area contributed by atoms with E-state index in [1.165, 1.54) is 66.1 Å². The van der Waals surface area contributed by atoms with Crippen LogP contribution in [-0.4, -0.2) is 236 Å². The number of amides is 6. The van der Waals surface area contributed by atoms with Gasteiger partial charge < -0.3 is 95.0 Å². The van der Waals surface area contributed by atoms with Crippen molar-refractivity contribution in [2.75, 3.05) is 210 Å². The Balaban J connectivity index is 0.0000232. The summed E-state index contributed by atoms with van der Waals surface area (Å²) in [5.74, 6) is -0.222. The number of pyridine rings is 2. The molecule has 0 radical (unpaired) electrons. The fourth-order valence-corrected chi connectivity index (χ4v) is 12.8. The van der Waals surface area contributed by atoms with Gasteiger partial charge in [0.1, 0.15) is 13.1 Å². The van der Waals surface area contributed by atoms with E-state index in [-0.39, 0.29) is 68.6 Å². The lowest BCUT2D eigenvalue weighted by molar-refractivity contribution is -0.646. The Bertz CT molecular complexity index is 3570. The molecule has 0 spiro atoms. The van der Waals surface area contributed by atoms with Crippen molar-refractivity contribution < 1.29 is 80.5 Å². The molecule has 0 saturated carbocycles. The predicted octanol–water partition coefficient (Wildman–Crippen LogP) is 8.43. The highest BCUT2D eigenvalue weighted by molar-refractivity contribution is 5.92. The van der Waals surface area contributed by atoms with E-state index in [1.54, 1.807) is 0 Å². The second-order valence-corrected chi connectivity index (χ2v) is 28.8. The maximum Gasteiger partial charge on any atom is 0.220 e. The zero-order valence-electron chi connectivity index (χ0n) is 68.9. The summed E-state index contributed by atoms with van der Waals surface area (Å²) in [5, 5.41) is 29.0. The van der Waals surface area contributed by atoms with Crippen molar-refractivity contribution in [1.29, 1.82) is 0 Å². The number of nitrogens with zero attached hydrogens (tertiary/aromatic N) is 4. The molecular formula is C87H140N12O15+2. The lowest BCUT2D eigenvalue weighted by Gasteiger charge is -2.15. The van der Waals surface area contributed by atoms with Crippen molar-refractivity contribution in [3.05, 3.63) is 96.1 Å². The van der Waals surface area contributed by atoms with Crippen molar-refractivity contribution in [2.45, 2.75) is 162 Å². The SMILES string of the molecule is C.CNCc1ccc2cc3ccc(CNC)cc3[n+](CCCCCC(=O)NCCCOCCOCCOCCCNC(=O)CCCC(=O)NCCCOCCOCCOCCCNC(=O)CCCC(=O)NCCCOCCOCCOCCCNC(=O)CCCCC[n+]3c4cc(N(C)C)ccc4cc4ccc(N(C)C)cc43)c2c1. The number of hydrogen-bond donors (Lipinski definition) is 8. The molecule has 27 nitrogen and oxygen atoms in total. The second-order valence-electron chi connectivity index (χ2n) is 28.8. The van der Waals surface area contributed by atoms with Crippen LogP contribution in [0, 0.1) is 0 Å². The van der Waals surface area contributed by atoms with E-state index in [4.69, 9.17) is 42.6 Å². The van der Waals surface area contributed by atoms with E-state index in [1.807, 2.05) is 14.1 Å². The maximum absolute atomic E-state index is 12.6. The van der Waals surface area contributed by atoms with Gasteiger partial charge in [-0.3, -0.25) is 28.8 Å². The van der Waals surface area contributed by atoms with Gasteiger partial charge in [-0.2, -0.15) is 9.13 Å². The number of unbranched alkanes of at least 4 members (excludes halogenated alkanes) is 4. The monoisotopic (exact) mass is 1590 g/mol. The fraction of sp³-hybridized carbons (Fsp3) is 0.632. The van der Waals surface area contributed by atoms with Gasteiger partial charge >= 0.3 is 0 Å². The Morgan fingerprint density at radius 3 is 0.772 bits per heavy atom. The molecule has 6 rings (SSSR count). The van der Waals surface area contributed by atoms with Crippen LogP contribution < -0.4 is 61.5 Å². The highest BCUT2D eigenvalue weighted by atomic mass is 16.6. The molecule has 0 aliphatic heterocycles. The molecule has 114 heavy (non-hydrogen) atoms. The summed E-state index contributed by atoms with van der Waals surface area (Å²) < 4.78 is 55.5. The van der Waals surface area contributed by atoms with E-state index in [2.05, 4.69) is 175 Å². The zero-order valence-corrected chi connectivity index (χ0v) is 68.9. The lowest BCUT2D eigenvalue weighted by Crippen LogP contribution is -2.36. The van der Waals surface area contributed by atoms with Gasteiger partial charge in [-0.05, 0) is 151 Å². The quantitative estimate of drug-likeness (QED) is 0.0101. The standard InChI is InChI=1S/C86H134N12O15.CH4/c1-87-67-69-27-29-71-63-72-30-28-70(68-88-2)62-78(72)97(77(71)61-69)41-11-7-9-21-81(99)89-35-15-43-105-49-55-111-57-51-107-45-17-37-91-83(101)23-13-25-85(103)93-39-19-47-109-53-59-113-60-54-110-48-20-40-94-86(104)26-14-24-84(102)92-38-18-46-108-52-58-112-56-50-106-44-16-36-90-82(100)22-10-8-12-42-98-79-65-75(95(3)4)33-31-73(79)64-74-32-34-76(96(5)6)66-80(74)98;/h27-34,61-66,87-88H,7-26,35-60,67-68H2,1-6H3,(H4-2,89,90,91,92,93,94,99,100,101,102,103,104);1H4/p+2. The Labute approximate surface area is 678 Å². The van der Waals surface area contributed by atoms with E-state index in [0.717, 1.165) is 77.5 Å². The fourth-order valence-electron chi connectivity index (χ4n) is 12.8. The Kier molecular flexibility index (Phi) is 51.5. The number of anilines is 2. The Morgan fingerprint density at radius 1 is 0.281 bits per heavy atom. The number of ether oxygens (including phenoxy) is 9. The molecule has 2 aromatic heterocycles. The van der Waals surface area contributed by atoms with Crippen LogP contribution in [0.5, 0.6) is 0 Å². The Morgan fingerprint density at radius 2 is 0.518 bits per heavy atom. The minimum absolute atomic E-state index is 0. The molecule has 0 saturated heterocycles. The molecule has 0 unspecified atom stereocenters. The van der Waals surface area contributed by atoms with Gasteiger partial charge in [0.05, 0.1) is 79.3 Å². The summed E-state index contributed by atoms with van der Waals surface area (Å²) in [6.07, 6.45) is 12.8. The second kappa shape index (κ2) is 60.7. The van der Waals surface area contributed by atoms with Crippen LogP contribution in [0.1, 0.15) is 147 Å². The molecule has 636 valence electrons. The third-order valence-electron chi connectivity index (χ3n) is 18.9. The highest BCUT2D eigenvalue weighted by Crippen LogP contribution is 2.27. The molecule has 0 atom stereocenters. The zero-order chi connectivity index (χ0) is 80.6. The van der Waals surface area contributed by atoms with Crippen LogP contribution >= 0.6 is 0 Å². The molecule has 6 aromatic rings. The summed E-state index contributed by atoms with van der Waals surface area (Å²) in [4.78, 5) is 78.4. The van der Waals surface area contributed by atoms with Crippen molar-refractivity contribution >= 4 is 90.4 Å². The third kappa shape index (κ3) is 41.2.